The lowest BCUT2D eigenvalue weighted by atomic mass is 9.82. The Morgan fingerprint density at radius 2 is 1.79 bits per heavy atom. The Labute approximate surface area is 140 Å². The van der Waals surface area contributed by atoms with E-state index in [1.807, 2.05) is 4.90 Å². The number of carbonyl (C=O) groups is 2. The number of alkyl halides is 3. The minimum Gasteiger partial charge on any atom is -0.339 e. The molecule has 2 saturated heterocycles. The van der Waals surface area contributed by atoms with Crippen molar-refractivity contribution in [3.05, 3.63) is 0 Å². The van der Waals surface area contributed by atoms with Gasteiger partial charge in [0.15, 0.2) is 0 Å². The summed E-state index contributed by atoms with van der Waals surface area (Å²) in [6, 6.07) is 0.226. The molecule has 1 saturated carbocycles. The Kier molecular flexibility index (Phi) is 5.06. The summed E-state index contributed by atoms with van der Waals surface area (Å²) in [4.78, 5) is 27.3. The second kappa shape index (κ2) is 6.92. The molecular formula is C17H25F3N2O2. The molecule has 2 unspecified atom stereocenters. The van der Waals surface area contributed by atoms with Crippen molar-refractivity contribution in [2.24, 2.45) is 11.8 Å². The predicted octanol–water partition coefficient (Wildman–Crippen LogP) is 2.97. The van der Waals surface area contributed by atoms with Crippen LogP contribution in [0, 0.1) is 11.8 Å². The molecule has 3 aliphatic rings. The summed E-state index contributed by atoms with van der Waals surface area (Å²) in [7, 11) is 0. The van der Waals surface area contributed by atoms with Gasteiger partial charge in [0.2, 0.25) is 11.8 Å². The summed E-state index contributed by atoms with van der Waals surface area (Å²) in [6.07, 6.45) is 3.38. The second-order valence-electron chi connectivity index (χ2n) is 7.43. The molecule has 136 valence electrons. The van der Waals surface area contributed by atoms with Crippen LogP contribution in [-0.4, -0.2) is 53.5 Å². The summed E-state index contributed by atoms with van der Waals surface area (Å²) in [5, 5.41) is 0. The van der Waals surface area contributed by atoms with Crippen molar-refractivity contribution >= 4 is 11.8 Å². The summed E-state index contributed by atoms with van der Waals surface area (Å²) in [6.45, 7) is -0.656. The van der Waals surface area contributed by atoms with Gasteiger partial charge in [0, 0.05) is 25.6 Å². The van der Waals surface area contributed by atoms with E-state index in [2.05, 4.69) is 0 Å². The van der Waals surface area contributed by atoms with Crippen LogP contribution in [0.5, 0.6) is 0 Å². The van der Waals surface area contributed by atoms with Crippen LogP contribution in [-0.2, 0) is 9.59 Å². The van der Waals surface area contributed by atoms with Crippen molar-refractivity contribution < 1.29 is 22.8 Å². The molecule has 7 heteroatoms. The lowest BCUT2D eigenvalue weighted by molar-refractivity contribution is -0.157. The van der Waals surface area contributed by atoms with E-state index in [0.29, 0.717) is 12.5 Å². The van der Waals surface area contributed by atoms with E-state index in [0.717, 1.165) is 30.6 Å². The van der Waals surface area contributed by atoms with Crippen molar-refractivity contribution in [3.63, 3.8) is 0 Å². The Bertz CT molecular complexity index is 489. The molecule has 0 N–H and O–H groups in total. The fourth-order valence-corrected chi connectivity index (χ4v) is 4.62. The molecule has 0 spiro atoms. The normalized spacial score (nSPS) is 29.5. The molecule has 0 aromatic heterocycles. The maximum Gasteiger partial charge on any atom is 0.406 e. The number of hydrogen-bond acceptors (Lipinski definition) is 2. The number of rotatable bonds is 3. The van der Waals surface area contributed by atoms with Crippen LogP contribution in [0.2, 0.25) is 0 Å². The average molecular weight is 346 g/mol. The third-order valence-electron chi connectivity index (χ3n) is 5.71. The topological polar surface area (TPSA) is 40.6 Å². The molecular weight excluding hydrogens is 321 g/mol. The molecule has 0 aromatic rings. The average Bonchev–Trinajstić information content (AvgIpc) is 3.14. The highest BCUT2D eigenvalue weighted by Crippen LogP contribution is 2.36. The zero-order valence-corrected chi connectivity index (χ0v) is 13.9. The molecule has 0 radical (unpaired) electrons. The van der Waals surface area contributed by atoms with Gasteiger partial charge >= 0.3 is 6.18 Å². The van der Waals surface area contributed by atoms with Crippen LogP contribution >= 0.6 is 0 Å². The molecule has 1 aliphatic carbocycles. The van der Waals surface area contributed by atoms with Gasteiger partial charge in [-0.2, -0.15) is 13.2 Å². The number of halogens is 3. The van der Waals surface area contributed by atoms with Gasteiger partial charge in [-0.1, -0.05) is 19.3 Å². The Morgan fingerprint density at radius 1 is 1.08 bits per heavy atom. The van der Waals surface area contributed by atoms with Gasteiger partial charge in [-0.15, -0.1) is 0 Å². The van der Waals surface area contributed by atoms with Gasteiger partial charge in [0.05, 0.1) is 5.92 Å². The lowest BCUT2D eigenvalue weighted by Crippen LogP contribution is -2.44. The van der Waals surface area contributed by atoms with Gasteiger partial charge < -0.3 is 9.80 Å². The van der Waals surface area contributed by atoms with Gasteiger partial charge in [-0.25, -0.2) is 0 Å². The first-order valence-electron chi connectivity index (χ1n) is 9.00. The van der Waals surface area contributed by atoms with Crippen LogP contribution in [0.1, 0.15) is 51.4 Å². The highest BCUT2D eigenvalue weighted by Gasteiger charge is 2.44. The molecule has 24 heavy (non-hydrogen) atoms. The largest absolute Gasteiger partial charge is 0.406 e. The Hall–Kier alpha value is -1.27. The van der Waals surface area contributed by atoms with E-state index in [-0.39, 0.29) is 24.9 Å². The summed E-state index contributed by atoms with van der Waals surface area (Å²) < 4.78 is 37.6. The number of carbonyl (C=O) groups excluding carboxylic acids is 2. The molecule has 0 bridgehead atoms. The van der Waals surface area contributed by atoms with E-state index in [9.17, 15) is 22.8 Å². The molecule has 3 fully saturated rings. The molecule has 3 rings (SSSR count). The number of amides is 2. The fraction of sp³-hybridized carbons (Fsp3) is 0.882. The third kappa shape index (κ3) is 3.86. The number of nitrogens with zero attached hydrogens (tertiary/aromatic N) is 2. The van der Waals surface area contributed by atoms with Crippen LogP contribution in [0.15, 0.2) is 0 Å². The zero-order valence-electron chi connectivity index (χ0n) is 13.9. The third-order valence-corrected chi connectivity index (χ3v) is 5.71. The maximum atomic E-state index is 12.8. The van der Waals surface area contributed by atoms with Crippen molar-refractivity contribution in [1.82, 2.24) is 9.80 Å². The van der Waals surface area contributed by atoms with E-state index < -0.39 is 24.5 Å². The molecule has 2 amide bonds. The summed E-state index contributed by atoms with van der Waals surface area (Å²) >= 11 is 0. The number of likely N-dealkylation sites (tertiary alicyclic amines) is 2. The van der Waals surface area contributed by atoms with Crippen LogP contribution in [0.4, 0.5) is 13.2 Å². The van der Waals surface area contributed by atoms with E-state index in [1.54, 1.807) is 0 Å². The van der Waals surface area contributed by atoms with Crippen molar-refractivity contribution in [3.8, 4) is 0 Å². The van der Waals surface area contributed by atoms with Crippen molar-refractivity contribution in [2.75, 3.05) is 19.6 Å². The lowest BCUT2D eigenvalue weighted by Gasteiger charge is -2.35. The Morgan fingerprint density at radius 3 is 2.46 bits per heavy atom. The van der Waals surface area contributed by atoms with Gasteiger partial charge in [-0.05, 0) is 31.6 Å². The molecule has 2 heterocycles. The monoisotopic (exact) mass is 346 g/mol. The smallest absolute Gasteiger partial charge is 0.339 e. The van der Waals surface area contributed by atoms with Crippen LogP contribution in [0.3, 0.4) is 0 Å². The highest BCUT2D eigenvalue weighted by molar-refractivity contribution is 5.89. The van der Waals surface area contributed by atoms with E-state index in [1.165, 1.54) is 19.3 Å². The standard InChI is InChI=1S/C17H25F3N2O2/c18-17(19,20)11-21-10-13(9-15(21)23)16(24)22-8-4-7-14(22)12-5-2-1-3-6-12/h12-14H,1-11H2. The minimum atomic E-state index is -4.41. The fourth-order valence-electron chi connectivity index (χ4n) is 4.62. The van der Waals surface area contributed by atoms with Crippen LogP contribution < -0.4 is 0 Å². The van der Waals surface area contributed by atoms with Crippen LogP contribution in [0.25, 0.3) is 0 Å². The van der Waals surface area contributed by atoms with Crippen molar-refractivity contribution in [1.29, 1.82) is 0 Å². The zero-order chi connectivity index (χ0) is 17.3. The van der Waals surface area contributed by atoms with Crippen molar-refractivity contribution in [2.45, 2.75) is 63.6 Å². The van der Waals surface area contributed by atoms with Gasteiger partial charge in [-0.3, -0.25) is 9.59 Å². The first-order chi connectivity index (χ1) is 11.3. The first-order valence-corrected chi connectivity index (χ1v) is 9.00. The first kappa shape index (κ1) is 17.5. The maximum absolute atomic E-state index is 12.8. The number of hydrogen-bond donors (Lipinski definition) is 0. The molecule has 0 aromatic carbocycles. The Balaban J connectivity index is 1.62. The summed E-state index contributed by atoms with van der Waals surface area (Å²) in [5.41, 5.74) is 0. The van der Waals surface area contributed by atoms with Gasteiger partial charge in [0.1, 0.15) is 6.54 Å². The molecule has 2 atom stereocenters. The second-order valence-corrected chi connectivity index (χ2v) is 7.43. The minimum absolute atomic E-state index is 0.0806. The van der Waals surface area contributed by atoms with E-state index >= 15 is 0 Å². The highest BCUT2D eigenvalue weighted by atomic mass is 19.4. The molecule has 2 aliphatic heterocycles. The SMILES string of the molecule is O=C1CC(C(=O)N2CCCC2C2CCCCC2)CN1CC(F)(F)F. The van der Waals surface area contributed by atoms with E-state index in [4.69, 9.17) is 0 Å². The quantitative estimate of drug-likeness (QED) is 0.788. The summed E-state index contributed by atoms with van der Waals surface area (Å²) in [5.74, 6) is -0.752. The molecule has 4 nitrogen and oxygen atoms in total. The predicted molar refractivity (Wildman–Crippen MR) is 82.1 cm³/mol. The van der Waals surface area contributed by atoms with Gasteiger partial charge in [0.25, 0.3) is 0 Å².